The first-order valence-electron chi connectivity index (χ1n) is 6.97. The van der Waals surface area contributed by atoms with Gasteiger partial charge in [-0.05, 0) is 36.8 Å². The van der Waals surface area contributed by atoms with E-state index in [-0.39, 0.29) is 11.6 Å². The topological polar surface area (TPSA) is 83.8 Å². The number of aryl methyl sites for hydroxylation is 1. The minimum Gasteiger partial charge on any atom is -0.463 e. The number of furan rings is 1. The normalized spacial score (nSPS) is 11.0. The van der Waals surface area contributed by atoms with Crippen LogP contribution in [0.4, 0.5) is 5.13 Å². The summed E-state index contributed by atoms with van der Waals surface area (Å²) in [6.07, 6.45) is 1.57. The van der Waals surface area contributed by atoms with Crippen LogP contribution in [-0.4, -0.2) is 21.1 Å². The van der Waals surface area contributed by atoms with Crippen LogP contribution in [-0.2, 0) is 0 Å². The van der Waals surface area contributed by atoms with E-state index in [9.17, 15) is 4.79 Å². The number of amides is 1. The number of thiazole rings is 1. The van der Waals surface area contributed by atoms with Crippen molar-refractivity contribution in [2.45, 2.75) is 6.92 Å². The van der Waals surface area contributed by atoms with Crippen molar-refractivity contribution < 1.29 is 9.21 Å². The predicted octanol–water partition coefficient (Wildman–Crippen LogP) is 3.84. The molecule has 4 aromatic rings. The molecule has 6 nitrogen and oxygen atoms in total. The van der Waals surface area contributed by atoms with Gasteiger partial charge in [-0.3, -0.25) is 15.2 Å². The number of nitrogens with one attached hydrogen (secondary N) is 2. The first-order chi connectivity index (χ1) is 11.2. The minimum absolute atomic E-state index is 0.284. The lowest BCUT2D eigenvalue weighted by Crippen LogP contribution is -2.11. The maximum atomic E-state index is 12.3. The second kappa shape index (κ2) is 5.36. The molecule has 0 spiro atoms. The average Bonchev–Trinajstić information content (AvgIpc) is 3.26. The summed E-state index contributed by atoms with van der Waals surface area (Å²) in [7, 11) is 0. The van der Waals surface area contributed by atoms with Gasteiger partial charge in [0.05, 0.1) is 16.5 Å². The van der Waals surface area contributed by atoms with E-state index >= 15 is 0 Å². The summed E-state index contributed by atoms with van der Waals surface area (Å²) in [6.45, 7) is 2.03. The van der Waals surface area contributed by atoms with Crippen LogP contribution in [0.5, 0.6) is 0 Å². The number of aromatic nitrogens is 3. The van der Waals surface area contributed by atoms with Gasteiger partial charge in [-0.1, -0.05) is 17.4 Å². The van der Waals surface area contributed by atoms with Crippen molar-refractivity contribution in [2.75, 3.05) is 5.32 Å². The van der Waals surface area contributed by atoms with E-state index in [1.54, 1.807) is 24.5 Å². The Balaban J connectivity index is 1.57. The first kappa shape index (κ1) is 13.7. The van der Waals surface area contributed by atoms with Crippen LogP contribution in [0.1, 0.15) is 16.1 Å². The molecule has 0 aliphatic carbocycles. The van der Waals surface area contributed by atoms with Crippen LogP contribution >= 0.6 is 11.3 Å². The van der Waals surface area contributed by atoms with E-state index in [0.717, 1.165) is 15.8 Å². The van der Waals surface area contributed by atoms with Crippen molar-refractivity contribution in [3.63, 3.8) is 0 Å². The Morgan fingerprint density at radius 2 is 2.22 bits per heavy atom. The lowest BCUT2D eigenvalue weighted by atomic mass is 10.2. The maximum Gasteiger partial charge on any atom is 0.277 e. The van der Waals surface area contributed by atoms with Crippen molar-refractivity contribution in [1.82, 2.24) is 15.2 Å². The molecule has 0 unspecified atom stereocenters. The fourth-order valence-electron chi connectivity index (χ4n) is 2.24. The SMILES string of the molecule is Cc1ccc2nc(NC(=O)c3cc(-c4ccco4)[nH]n3)sc2c1. The summed E-state index contributed by atoms with van der Waals surface area (Å²) in [5.41, 5.74) is 2.97. The van der Waals surface area contributed by atoms with E-state index in [0.29, 0.717) is 16.6 Å². The number of H-pyrrole nitrogens is 1. The van der Waals surface area contributed by atoms with Crippen LogP contribution in [0.2, 0.25) is 0 Å². The van der Waals surface area contributed by atoms with Crippen LogP contribution in [0.25, 0.3) is 21.7 Å². The molecule has 3 heterocycles. The van der Waals surface area contributed by atoms with Crippen molar-refractivity contribution in [3.8, 4) is 11.5 Å². The summed E-state index contributed by atoms with van der Waals surface area (Å²) in [5.74, 6) is 0.321. The molecule has 1 amide bonds. The van der Waals surface area contributed by atoms with Crippen LogP contribution in [0.15, 0.2) is 47.1 Å². The van der Waals surface area contributed by atoms with Crippen molar-refractivity contribution >= 4 is 32.6 Å². The molecule has 3 aromatic heterocycles. The van der Waals surface area contributed by atoms with E-state index in [4.69, 9.17) is 4.42 Å². The molecule has 0 radical (unpaired) electrons. The van der Waals surface area contributed by atoms with E-state index in [2.05, 4.69) is 20.5 Å². The fourth-order valence-corrected chi connectivity index (χ4v) is 3.20. The molecule has 1 aromatic carbocycles. The number of benzene rings is 1. The highest BCUT2D eigenvalue weighted by Gasteiger charge is 2.14. The summed E-state index contributed by atoms with van der Waals surface area (Å²) >= 11 is 1.44. The lowest BCUT2D eigenvalue weighted by Gasteiger charge is -1.96. The van der Waals surface area contributed by atoms with Gasteiger partial charge in [0.2, 0.25) is 0 Å². The van der Waals surface area contributed by atoms with Gasteiger partial charge in [0.15, 0.2) is 16.6 Å². The van der Waals surface area contributed by atoms with Crippen LogP contribution in [0.3, 0.4) is 0 Å². The van der Waals surface area contributed by atoms with Gasteiger partial charge in [0.25, 0.3) is 5.91 Å². The third kappa shape index (κ3) is 2.62. The van der Waals surface area contributed by atoms with Crippen LogP contribution < -0.4 is 5.32 Å². The molecule has 0 aliphatic rings. The molecule has 7 heteroatoms. The largest absolute Gasteiger partial charge is 0.463 e. The second-order valence-electron chi connectivity index (χ2n) is 5.09. The number of aromatic amines is 1. The van der Waals surface area contributed by atoms with Crippen molar-refractivity contribution in [1.29, 1.82) is 0 Å². The Morgan fingerprint density at radius 1 is 1.30 bits per heavy atom. The first-order valence-corrected chi connectivity index (χ1v) is 7.78. The zero-order valence-corrected chi connectivity index (χ0v) is 13.0. The second-order valence-corrected chi connectivity index (χ2v) is 6.12. The molecule has 0 saturated carbocycles. The number of rotatable bonds is 3. The van der Waals surface area contributed by atoms with Crippen LogP contribution in [0, 0.1) is 6.92 Å². The Hall–Kier alpha value is -2.93. The minimum atomic E-state index is -0.310. The van der Waals surface area contributed by atoms with Gasteiger partial charge in [0, 0.05) is 6.07 Å². The third-order valence-electron chi connectivity index (χ3n) is 3.36. The van der Waals surface area contributed by atoms with Gasteiger partial charge in [0.1, 0.15) is 5.69 Å². The number of nitrogens with zero attached hydrogens (tertiary/aromatic N) is 2. The van der Waals surface area contributed by atoms with E-state index in [1.807, 2.05) is 25.1 Å². The number of anilines is 1. The number of hydrogen-bond acceptors (Lipinski definition) is 5. The highest BCUT2D eigenvalue weighted by molar-refractivity contribution is 7.22. The maximum absolute atomic E-state index is 12.3. The molecular formula is C16H12N4O2S. The number of fused-ring (bicyclic) bond motifs is 1. The molecule has 0 fully saturated rings. The third-order valence-corrected chi connectivity index (χ3v) is 4.30. The molecular weight excluding hydrogens is 312 g/mol. The molecule has 0 bridgehead atoms. The molecule has 2 N–H and O–H groups in total. The monoisotopic (exact) mass is 324 g/mol. The number of hydrogen-bond donors (Lipinski definition) is 2. The molecule has 0 aliphatic heterocycles. The standard InChI is InChI=1S/C16H12N4O2S/c1-9-4-5-10-14(7-9)23-16(17-10)18-15(21)12-8-11(19-20-12)13-3-2-6-22-13/h2-8H,1H3,(H,19,20)(H,17,18,21). The van der Waals surface area contributed by atoms with Gasteiger partial charge in [-0.15, -0.1) is 0 Å². The molecule has 114 valence electrons. The zero-order valence-electron chi connectivity index (χ0n) is 12.2. The van der Waals surface area contributed by atoms with Gasteiger partial charge in [-0.2, -0.15) is 5.10 Å². The average molecular weight is 324 g/mol. The van der Waals surface area contributed by atoms with Crippen molar-refractivity contribution in [3.05, 3.63) is 53.9 Å². The van der Waals surface area contributed by atoms with E-state index < -0.39 is 0 Å². The summed E-state index contributed by atoms with van der Waals surface area (Å²) < 4.78 is 6.31. The Bertz CT molecular complexity index is 985. The zero-order chi connectivity index (χ0) is 15.8. The van der Waals surface area contributed by atoms with Crippen molar-refractivity contribution in [2.24, 2.45) is 0 Å². The number of carbonyl (C=O) groups is 1. The van der Waals surface area contributed by atoms with Gasteiger partial charge >= 0.3 is 0 Å². The Labute approximate surface area is 135 Å². The number of carbonyl (C=O) groups excluding carboxylic acids is 1. The Kier molecular flexibility index (Phi) is 3.20. The molecule has 4 rings (SSSR count). The summed E-state index contributed by atoms with van der Waals surface area (Å²) in [6, 6.07) is 11.2. The Morgan fingerprint density at radius 3 is 3.04 bits per heavy atom. The smallest absolute Gasteiger partial charge is 0.277 e. The highest BCUT2D eigenvalue weighted by Crippen LogP contribution is 2.27. The van der Waals surface area contributed by atoms with Gasteiger partial charge in [-0.25, -0.2) is 4.98 Å². The highest BCUT2D eigenvalue weighted by atomic mass is 32.1. The molecule has 23 heavy (non-hydrogen) atoms. The van der Waals surface area contributed by atoms with Gasteiger partial charge < -0.3 is 4.42 Å². The summed E-state index contributed by atoms with van der Waals surface area (Å²) in [4.78, 5) is 16.7. The molecule has 0 atom stereocenters. The molecule has 0 saturated heterocycles. The fraction of sp³-hybridized carbons (Fsp3) is 0.0625. The van der Waals surface area contributed by atoms with E-state index in [1.165, 1.54) is 11.3 Å². The predicted molar refractivity (Wildman–Crippen MR) is 88.6 cm³/mol. The summed E-state index contributed by atoms with van der Waals surface area (Å²) in [5, 5.41) is 10.1. The lowest BCUT2D eigenvalue weighted by molar-refractivity contribution is 0.102. The quantitative estimate of drug-likeness (QED) is 0.599.